The van der Waals surface area contributed by atoms with Crippen LogP contribution in [-0.4, -0.2) is 40.0 Å². The number of hydrogen-bond acceptors (Lipinski definition) is 6. The minimum Gasteiger partial charge on any atom is -0.497 e. The maximum atomic E-state index is 14.0. The van der Waals surface area contributed by atoms with Crippen molar-refractivity contribution in [2.75, 3.05) is 18.6 Å². The molecule has 0 saturated carbocycles. The number of nitrogens with zero attached hydrogens (tertiary/aromatic N) is 4. The maximum Gasteiger partial charge on any atom is 0.261 e. The number of methoxy groups -OCH3 is 1. The van der Waals surface area contributed by atoms with Crippen molar-refractivity contribution in [3.05, 3.63) is 119 Å². The van der Waals surface area contributed by atoms with Crippen molar-refractivity contribution in [3.63, 3.8) is 0 Å². The molecule has 0 bridgehead atoms. The number of thiophene rings is 1. The first-order valence-corrected chi connectivity index (χ1v) is 14.4. The van der Waals surface area contributed by atoms with Gasteiger partial charge in [-0.3, -0.25) is 14.6 Å². The minimum absolute atomic E-state index is 0.127. The highest BCUT2D eigenvalue weighted by Gasteiger charge is 2.22. The summed E-state index contributed by atoms with van der Waals surface area (Å²) in [5.74, 6) is 1.06. The number of aryl methyl sites for hydroxylation is 1. The predicted octanol–water partition coefficient (Wildman–Crippen LogP) is 6.01. The molecule has 0 aliphatic carbocycles. The van der Waals surface area contributed by atoms with Crippen molar-refractivity contribution >= 4 is 50.0 Å². The van der Waals surface area contributed by atoms with Crippen LogP contribution < -0.4 is 15.0 Å². The minimum atomic E-state index is -0.178. The normalized spacial score (nSPS) is 11.1. The number of carbonyl (C=O) groups excluding carboxylic acids is 2. The number of hydrogen-bond donors (Lipinski definition) is 1. The van der Waals surface area contributed by atoms with E-state index in [-0.39, 0.29) is 18.4 Å². The number of nitrogens with one attached hydrogen (secondary N) is 1. The number of anilines is 1. The molecular weight excluding hydrogens is 546 g/mol. The van der Waals surface area contributed by atoms with Crippen LogP contribution in [0.3, 0.4) is 0 Å². The number of aromatic nitrogens is 3. The molecule has 0 spiro atoms. The van der Waals surface area contributed by atoms with E-state index in [2.05, 4.69) is 10.3 Å². The Morgan fingerprint density at radius 1 is 0.976 bits per heavy atom. The van der Waals surface area contributed by atoms with E-state index in [1.165, 1.54) is 11.3 Å². The number of rotatable bonds is 9. The quantitative estimate of drug-likeness (QED) is 0.228. The summed E-state index contributed by atoms with van der Waals surface area (Å²) in [6, 6.07) is 28.5. The fraction of sp³-hybridized carbons (Fsp3) is 0.152. The molecule has 0 unspecified atom stereocenters. The monoisotopic (exact) mass is 575 g/mol. The Bertz CT molecular complexity index is 1900. The molecule has 42 heavy (non-hydrogen) atoms. The summed E-state index contributed by atoms with van der Waals surface area (Å²) < 4.78 is 8.35. The van der Waals surface area contributed by atoms with Crippen LogP contribution in [0.25, 0.3) is 21.1 Å². The molecule has 6 aromatic rings. The molecule has 210 valence electrons. The van der Waals surface area contributed by atoms with Crippen LogP contribution in [0.15, 0.2) is 97.2 Å². The molecule has 0 radical (unpaired) electrons. The number of benzene rings is 3. The van der Waals surface area contributed by atoms with Gasteiger partial charge < -0.3 is 19.5 Å². The molecule has 6 rings (SSSR count). The fourth-order valence-electron chi connectivity index (χ4n) is 4.92. The first-order chi connectivity index (χ1) is 20.5. The lowest BCUT2D eigenvalue weighted by atomic mass is 10.1. The highest BCUT2D eigenvalue weighted by molar-refractivity contribution is 7.20. The lowest BCUT2D eigenvalue weighted by Gasteiger charge is -2.23. The van der Waals surface area contributed by atoms with Crippen molar-refractivity contribution < 1.29 is 14.3 Å². The summed E-state index contributed by atoms with van der Waals surface area (Å²) in [7, 11) is 3.54. The Kier molecular flexibility index (Phi) is 7.66. The van der Waals surface area contributed by atoms with E-state index in [0.717, 1.165) is 32.6 Å². The van der Waals surface area contributed by atoms with Crippen molar-refractivity contribution in [3.8, 4) is 5.75 Å². The zero-order valence-corrected chi connectivity index (χ0v) is 24.1. The lowest BCUT2D eigenvalue weighted by Crippen LogP contribution is -2.31. The molecule has 3 aromatic heterocycles. The number of imidazole rings is 1. The van der Waals surface area contributed by atoms with E-state index in [1.807, 2.05) is 84.4 Å². The highest BCUT2D eigenvalue weighted by atomic mass is 32.1. The first kappa shape index (κ1) is 27.2. The molecule has 0 aliphatic heterocycles. The molecule has 8 nitrogen and oxygen atoms in total. The van der Waals surface area contributed by atoms with Gasteiger partial charge in [0.2, 0.25) is 0 Å². The third-order valence-corrected chi connectivity index (χ3v) is 8.28. The van der Waals surface area contributed by atoms with Gasteiger partial charge in [-0.2, -0.15) is 0 Å². The molecule has 2 amide bonds. The Morgan fingerprint density at radius 2 is 1.83 bits per heavy atom. The van der Waals surface area contributed by atoms with Crippen LogP contribution >= 0.6 is 11.3 Å². The van der Waals surface area contributed by atoms with Gasteiger partial charge in [0.05, 0.1) is 29.6 Å². The van der Waals surface area contributed by atoms with E-state index in [9.17, 15) is 9.59 Å². The van der Waals surface area contributed by atoms with Gasteiger partial charge in [-0.1, -0.05) is 24.3 Å². The van der Waals surface area contributed by atoms with E-state index in [4.69, 9.17) is 9.72 Å². The standard InChI is InChI=1S/C33H29N5O3S/c1-37-28-12-4-3-11-27(28)36-31(37)21-38(33(40)22-8-7-10-26(19-22)41-2)25-13-14-29-23(18-25)20-30(42-29)32(39)35-17-15-24-9-5-6-16-34-24/h3-14,16,18-20H,15,17,21H2,1-2H3,(H,35,39). The molecule has 0 fully saturated rings. The summed E-state index contributed by atoms with van der Waals surface area (Å²) in [6.45, 7) is 0.758. The summed E-state index contributed by atoms with van der Waals surface area (Å²) in [5.41, 5.74) is 4.01. The van der Waals surface area contributed by atoms with Crippen LogP contribution in [0.5, 0.6) is 5.75 Å². The summed E-state index contributed by atoms with van der Waals surface area (Å²) in [5, 5.41) is 3.88. The predicted molar refractivity (Wildman–Crippen MR) is 166 cm³/mol. The zero-order chi connectivity index (χ0) is 29.1. The average Bonchev–Trinajstić information content (AvgIpc) is 3.60. The topological polar surface area (TPSA) is 89.4 Å². The maximum absolute atomic E-state index is 14.0. The third-order valence-electron chi connectivity index (χ3n) is 7.17. The Labute approximate surface area is 247 Å². The van der Waals surface area contributed by atoms with Crippen LogP contribution in [0.2, 0.25) is 0 Å². The van der Waals surface area contributed by atoms with Crippen LogP contribution in [-0.2, 0) is 20.0 Å². The van der Waals surface area contributed by atoms with E-state index in [1.54, 1.807) is 36.4 Å². The number of pyridine rings is 1. The Balaban J connectivity index is 1.30. The largest absolute Gasteiger partial charge is 0.497 e. The highest BCUT2D eigenvalue weighted by Crippen LogP contribution is 2.31. The van der Waals surface area contributed by atoms with Gasteiger partial charge in [0, 0.05) is 47.9 Å². The smallest absolute Gasteiger partial charge is 0.261 e. The number of ether oxygens (including phenoxy) is 1. The van der Waals surface area contributed by atoms with Gasteiger partial charge in [0.15, 0.2) is 0 Å². The second-order valence-corrected chi connectivity index (χ2v) is 10.9. The van der Waals surface area contributed by atoms with Gasteiger partial charge in [0.25, 0.3) is 11.8 Å². The summed E-state index contributed by atoms with van der Waals surface area (Å²) >= 11 is 1.43. The number of fused-ring (bicyclic) bond motifs is 2. The van der Waals surface area contributed by atoms with Gasteiger partial charge in [-0.15, -0.1) is 11.3 Å². The van der Waals surface area contributed by atoms with Crippen LogP contribution in [0.4, 0.5) is 5.69 Å². The van der Waals surface area contributed by atoms with Gasteiger partial charge in [-0.25, -0.2) is 4.98 Å². The van der Waals surface area contributed by atoms with Crippen LogP contribution in [0.1, 0.15) is 31.5 Å². The van der Waals surface area contributed by atoms with Gasteiger partial charge in [-0.05, 0) is 72.1 Å². The third kappa shape index (κ3) is 5.59. The van der Waals surface area contributed by atoms with E-state index < -0.39 is 0 Å². The van der Waals surface area contributed by atoms with Gasteiger partial charge >= 0.3 is 0 Å². The Hall–Kier alpha value is -5.02. The van der Waals surface area contributed by atoms with Crippen LogP contribution in [0, 0.1) is 0 Å². The molecule has 3 aromatic carbocycles. The number of carbonyl (C=O) groups is 2. The Morgan fingerprint density at radius 3 is 2.64 bits per heavy atom. The van der Waals surface area contributed by atoms with Crippen molar-refractivity contribution in [2.45, 2.75) is 13.0 Å². The number of para-hydroxylation sites is 2. The molecule has 0 saturated heterocycles. The SMILES string of the molecule is COc1cccc(C(=O)N(Cc2nc3ccccc3n2C)c2ccc3sc(C(=O)NCCc4ccccn4)cc3c2)c1. The summed E-state index contributed by atoms with van der Waals surface area (Å²) in [6.07, 6.45) is 2.41. The van der Waals surface area contributed by atoms with Crippen molar-refractivity contribution in [1.82, 2.24) is 19.9 Å². The zero-order valence-electron chi connectivity index (χ0n) is 23.3. The van der Waals surface area contributed by atoms with Crippen molar-refractivity contribution in [1.29, 1.82) is 0 Å². The van der Waals surface area contributed by atoms with Crippen molar-refractivity contribution in [2.24, 2.45) is 7.05 Å². The lowest BCUT2D eigenvalue weighted by molar-refractivity contribution is 0.0956. The second kappa shape index (κ2) is 11.8. The number of amides is 2. The van der Waals surface area contributed by atoms with E-state index in [0.29, 0.717) is 34.8 Å². The molecule has 0 atom stereocenters. The van der Waals surface area contributed by atoms with E-state index >= 15 is 0 Å². The van der Waals surface area contributed by atoms with Gasteiger partial charge in [0.1, 0.15) is 11.6 Å². The summed E-state index contributed by atoms with van der Waals surface area (Å²) in [4.78, 5) is 38.4. The fourth-order valence-corrected chi connectivity index (χ4v) is 5.88. The molecule has 0 aliphatic rings. The first-order valence-electron chi connectivity index (χ1n) is 13.6. The molecular formula is C33H29N5O3S. The molecule has 3 heterocycles. The second-order valence-electron chi connectivity index (χ2n) is 9.86. The average molecular weight is 576 g/mol. The molecule has 1 N–H and O–H groups in total. The molecule has 9 heteroatoms.